The number of carbonyl (C=O) groups is 1. The Kier molecular flexibility index (Phi) is 5.00. The molecule has 0 saturated carbocycles. The lowest BCUT2D eigenvalue weighted by atomic mass is 9.94. The number of halogens is 1. The Balaban J connectivity index is 1.95. The third-order valence-electron chi connectivity index (χ3n) is 4.40. The number of nitrogens with zero attached hydrogens (tertiary/aromatic N) is 1. The van der Waals surface area contributed by atoms with Gasteiger partial charge in [0, 0.05) is 33.3 Å². The third-order valence-corrected chi connectivity index (χ3v) is 4.89. The van der Waals surface area contributed by atoms with Crippen molar-refractivity contribution in [2.24, 2.45) is 0 Å². The summed E-state index contributed by atoms with van der Waals surface area (Å²) in [5.41, 5.74) is 2.62. The van der Waals surface area contributed by atoms with E-state index in [1.807, 2.05) is 54.6 Å². The molecule has 2 aromatic carbocycles. The molecular formula is C23H15BrN2O2. The van der Waals surface area contributed by atoms with Crippen molar-refractivity contribution in [3.05, 3.63) is 105 Å². The molecular weight excluding hydrogens is 416 g/mol. The number of rotatable bonds is 4. The fourth-order valence-electron chi connectivity index (χ4n) is 3.13. The van der Waals surface area contributed by atoms with E-state index in [0.29, 0.717) is 11.1 Å². The van der Waals surface area contributed by atoms with E-state index in [-0.39, 0.29) is 11.3 Å². The minimum Gasteiger partial charge on any atom is -0.321 e. The van der Waals surface area contributed by atoms with Gasteiger partial charge in [-0.2, -0.15) is 0 Å². The SMILES string of the molecule is O=C(/C=C/c1cccnc1)c1c(-c2ccccc2)c2cc(Br)ccc2[nH]c1=O. The van der Waals surface area contributed by atoms with Crippen LogP contribution in [0.2, 0.25) is 0 Å². The first kappa shape index (κ1) is 18.1. The van der Waals surface area contributed by atoms with Crippen molar-refractivity contribution in [1.29, 1.82) is 0 Å². The predicted octanol–water partition coefficient (Wildman–Crippen LogP) is 5.25. The lowest BCUT2D eigenvalue weighted by Crippen LogP contribution is -2.18. The van der Waals surface area contributed by atoms with Crippen LogP contribution in [0.4, 0.5) is 0 Å². The van der Waals surface area contributed by atoms with Crippen LogP contribution in [0.25, 0.3) is 28.1 Å². The Morgan fingerprint density at radius 3 is 2.61 bits per heavy atom. The van der Waals surface area contributed by atoms with Gasteiger partial charge in [-0.3, -0.25) is 14.6 Å². The third kappa shape index (κ3) is 3.57. The van der Waals surface area contributed by atoms with Crippen molar-refractivity contribution in [3.63, 3.8) is 0 Å². The zero-order valence-electron chi connectivity index (χ0n) is 14.7. The first-order valence-electron chi connectivity index (χ1n) is 8.67. The maximum Gasteiger partial charge on any atom is 0.260 e. The molecule has 4 nitrogen and oxygen atoms in total. The topological polar surface area (TPSA) is 62.8 Å². The predicted molar refractivity (Wildman–Crippen MR) is 115 cm³/mol. The average Bonchev–Trinajstić information content (AvgIpc) is 2.73. The van der Waals surface area contributed by atoms with Crippen LogP contribution in [0, 0.1) is 0 Å². The lowest BCUT2D eigenvalue weighted by Gasteiger charge is -2.11. The van der Waals surface area contributed by atoms with Gasteiger partial charge in [-0.1, -0.05) is 52.3 Å². The number of fused-ring (bicyclic) bond motifs is 1. The summed E-state index contributed by atoms with van der Waals surface area (Å²) in [7, 11) is 0. The Labute approximate surface area is 169 Å². The minimum absolute atomic E-state index is 0.122. The molecule has 0 saturated heterocycles. The summed E-state index contributed by atoms with van der Waals surface area (Å²) in [6.45, 7) is 0. The maximum atomic E-state index is 13.0. The summed E-state index contributed by atoms with van der Waals surface area (Å²) in [5, 5.41) is 0.804. The highest BCUT2D eigenvalue weighted by Crippen LogP contribution is 2.31. The summed E-state index contributed by atoms with van der Waals surface area (Å²) in [6.07, 6.45) is 6.40. The number of H-pyrrole nitrogens is 1. The van der Waals surface area contributed by atoms with Crippen LogP contribution in [0.5, 0.6) is 0 Å². The molecule has 0 atom stereocenters. The van der Waals surface area contributed by atoms with Crippen molar-refractivity contribution < 1.29 is 4.79 Å². The molecule has 4 rings (SSSR count). The van der Waals surface area contributed by atoms with Gasteiger partial charge in [0.05, 0.1) is 5.56 Å². The van der Waals surface area contributed by atoms with Gasteiger partial charge in [-0.15, -0.1) is 0 Å². The number of hydrogen-bond acceptors (Lipinski definition) is 3. The molecule has 28 heavy (non-hydrogen) atoms. The number of allylic oxidation sites excluding steroid dienone is 1. The van der Waals surface area contributed by atoms with Gasteiger partial charge in [-0.05, 0) is 47.5 Å². The molecule has 0 bridgehead atoms. The van der Waals surface area contributed by atoms with E-state index >= 15 is 0 Å². The Morgan fingerprint density at radius 2 is 1.86 bits per heavy atom. The zero-order chi connectivity index (χ0) is 19.5. The first-order valence-corrected chi connectivity index (χ1v) is 9.46. The van der Waals surface area contributed by atoms with Crippen LogP contribution >= 0.6 is 15.9 Å². The van der Waals surface area contributed by atoms with Gasteiger partial charge >= 0.3 is 0 Å². The molecule has 0 spiro atoms. The molecule has 0 aliphatic rings. The second-order valence-corrected chi connectivity index (χ2v) is 7.16. The number of aromatic nitrogens is 2. The summed E-state index contributed by atoms with van der Waals surface area (Å²) >= 11 is 3.48. The fourth-order valence-corrected chi connectivity index (χ4v) is 3.50. The maximum absolute atomic E-state index is 13.0. The van der Waals surface area contributed by atoms with Gasteiger partial charge in [0.2, 0.25) is 0 Å². The van der Waals surface area contributed by atoms with E-state index in [9.17, 15) is 9.59 Å². The molecule has 0 aliphatic heterocycles. The highest BCUT2D eigenvalue weighted by atomic mass is 79.9. The van der Waals surface area contributed by atoms with E-state index in [4.69, 9.17) is 0 Å². The molecule has 4 aromatic rings. The van der Waals surface area contributed by atoms with Crippen LogP contribution in [0.15, 0.2) is 88.4 Å². The summed E-state index contributed by atoms with van der Waals surface area (Å²) in [6, 6.07) is 18.7. The standard InChI is InChI=1S/C23H15BrN2O2/c24-17-9-10-19-18(13-17)21(16-6-2-1-3-7-16)22(23(28)26-19)20(27)11-8-15-5-4-12-25-14-15/h1-14H,(H,26,28)/b11-8+. The Morgan fingerprint density at radius 1 is 1.04 bits per heavy atom. The monoisotopic (exact) mass is 430 g/mol. The second kappa shape index (κ2) is 7.74. The van der Waals surface area contributed by atoms with E-state index in [1.165, 1.54) is 6.08 Å². The number of benzene rings is 2. The van der Waals surface area contributed by atoms with E-state index in [0.717, 1.165) is 21.0 Å². The molecule has 0 radical (unpaired) electrons. The molecule has 136 valence electrons. The van der Waals surface area contributed by atoms with Crippen molar-refractivity contribution in [3.8, 4) is 11.1 Å². The second-order valence-electron chi connectivity index (χ2n) is 6.24. The highest BCUT2D eigenvalue weighted by molar-refractivity contribution is 9.10. The Bertz CT molecular complexity index is 1250. The van der Waals surface area contributed by atoms with Gasteiger partial charge in [0.1, 0.15) is 0 Å². The van der Waals surface area contributed by atoms with Gasteiger partial charge in [-0.25, -0.2) is 0 Å². The fraction of sp³-hybridized carbons (Fsp3) is 0. The quantitative estimate of drug-likeness (QED) is 0.355. The molecule has 1 N–H and O–H groups in total. The van der Waals surface area contributed by atoms with Gasteiger partial charge in [0.15, 0.2) is 5.78 Å². The van der Waals surface area contributed by atoms with Crippen molar-refractivity contribution in [2.45, 2.75) is 0 Å². The molecule has 0 unspecified atom stereocenters. The van der Waals surface area contributed by atoms with Crippen molar-refractivity contribution >= 4 is 38.7 Å². The first-order chi connectivity index (χ1) is 13.6. The average molecular weight is 431 g/mol. The number of ketones is 1. The van der Waals surface area contributed by atoms with Crippen LogP contribution in [0.1, 0.15) is 15.9 Å². The molecule has 5 heteroatoms. The van der Waals surface area contributed by atoms with Crippen molar-refractivity contribution in [2.75, 3.05) is 0 Å². The lowest BCUT2D eigenvalue weighted by molar-refractivity contribution is 0.104. The molecule has 0 fully saturated rings. The smallest absolute Gasteiger partial charge is 0.260 e. The normalized spacial score (nSPS) is 11.2. The zero-order valence-corrected chi connectivity index (χ0v) is 16.3. The number of pyridine rings is 2. The molecule has 0 amide bonds. The largest absolute Gasteiger partial charge is 0.321 e. The van der Waals surface area contributed by atoms with Crippen molar-refractivity contribution in [1.82, 2.24) is 9.97 Å². The van der Waals surface area contributed by atoms with E-state index < -0.39 is 5.56 Å². The molecule has 0 aliphatic carbocycles. The molecule has 2 heterocycles. The summed E-state index contributed by atoms with van der Waals surface area (Å²) in [4.78, 5) is 32.7. The van der Waals surface area contributed by atoms with Crippen LogP contribution in [0.3, 0.4) is 0 Å². The molecule has 2 aromatic heterocycles. The highest BCUT2D eigenvalue weighted by Gasteiger charge is 2.19. The van der Waals surface area contributed by atoms with E-state index in [2.05, 4.69) is 25.9 Å². The van der Waals surface area contributed by atoms with Crippen LogP contribution < -0.4 is 5.56 Å². The summed E-state index contributed by atoms with van der Waals surface area (Å²) < 4.78 is 0.869. The minimum atomic E-state index is -0.408. The number of hydrogen-bond donors (Lipinski definition) is 1. The van der Waals surface area contributed by atoms with Crippen LogP contribution in [-0.4, -0.2) is 15.8 Å². The van der Waals surface area contributed by atoms with Gasteiger partial charge < -0.3 is 4.98 Å². The number of carbonyl (C=O) groups excluding carboxylic acids is 1. The van der Waals surface area contributed by atoms with E-state index in [1.54, 1.807) is 24.5 Å². The summed E-state index contributed by atoms with van der Waals surface area (Å²) in [5.74, 6) is -0.356. The number of nitrogens with one attached hydrogen (secondary N) is 1. The van der Waals surface area contributed by atoms with Gasteiger partial charge in [0.25, 0.3) is 5.56 Å². The number of aromatic amines is 1. The Hall–Kier alpha value is -3.31. The van der Waals surface area contributed by atoms with Crippen LogP contribution in [-0.2, 0) is 0 Å².